The molecule has 2 amide bonds. The number of aryl methyl sites for hydroxylation is 1. The lowest BCUT2D eigenvalue weighted by Crippen LogP contribution is -2.52. The minimum atomic E-state index is -4.38. The number of amides is 2. The predicted molar refractivity (Wildman–Crippen MR) is 151 cm³/mol. The van der Waals surface area contributed by atoms with Crippen LogP contribution in [0.1, 0.15) is 38.3 Å². The van der Waals surface area contributed by atoms with Gasteiger partial charge in [-0.1, -0.05) is 62.7 Å². The summed E-state index contributed by atoms with van der Waals surface area (Å²) in [5, 5.41) is 2.83. The van der Waals surface area contributed by atoms with Gasteiger partial charge in [-0.25, -0.2) is 17.2 Å². The summed E-state index contributed by atoms with van der Waals surface area (Å²) in [6.07, 6.45) is 0.237. The molecule has 1 unspecified atom stereocenters. The highest BCUT2D eigenvalue weighted by Crippen LogP contribution is 2.27. The number of halogens is 2. The van der Waals surface area contributed by atoms with E-state index in [1.165, 1.54) is 59.5 Å². The van der Waals surface area contributed by atoms with Gasteiger partial charge in [0.15, 0.2) is 0 Å². The summed E-state index contributed by atoms with van der Waals surface area (Å²) in [4.78, 5) is 28.3. The first-order chi connectivity index (χ1) is 18.9. The van der Waals surface area contributed by atoms with Gasteiger partial charge in [0.1, 0.15) is 24.2 Å². The standard InChI is InChI=1S/C30H35F2N3O4S/c1-5-27(30(37)33-18-21(2)3)34(19-23-12-14-24(31)15-13-23)29(36)20-35(28-9-7-6-8-26(28)32)40(38,39)25-16-10-22(4)11-17-25/h6-17,21,27H,5,18-20H2,1-4H3,(H,33,37). The van der Waals surface area contributed by atoms with Crippen LogP contribution in [0.15, 0.2) is 77.7 Å². The van der Waals surface area contributed by atoms with E-state index < -0.39 is 46.1 Å². The number of carbonyl (C=O) groups excluding carboxylic acids is 2. The molecule has 0 aliphatic heterocycles. The molecule has 214 valence electrons. The zero-order valence-corrected chi connectivity index (χ0v) is 23.9. The highest BCUT2D eigenvalue weighted by Gasteiger charge is 2.34. The fourth-order valence-electron chi connectivity index (χ4n) is 4.13. The highest BCUT2D eigenvalue weighted by atomic mass is 32.2. The van der Waals surface area contributed by atoms with Gasteiger partial charge < -0.3 is 10.2 Å². The maximum Gasteiger partial charge on any atom is 0.264 e. The molecule has 0 heterocycles. The molecular formula is C30H35F2N3O4S. The molecule has 3 aromatic carbocycles. The van der Waals surface area contributed by atoms with Gasteiger partial charge in [-0.15, -0.1) is 0 Å². The lowest BCUT2D eigenvalue weighted by atomic mass is 10.1. The van der Waals surface area contributed by atoms with Crippen LogP contribution in [0, 0.1) is 24.5 Å². The van der Waals surface area contributed by atoms with Crippen molar-refractivity contribution in [2.45, 2.75) is 51.6 Å². The summed E-state index contributed by atoms with van der Waals surface area (Å²) >= 11 is 0. The van der Waals surface area contributed by atoms with E-state index in [-0.39, 0.29) is 29.5 Å². The van der Waals surface area contributed by atoms with Crippen molar-refractivity contribution in [3.8, 4) is 0 Å². The van der Waals surface area contributed by atoms with Crippen LogP contribution in [-0.4, -0.2) is 44.3 Å². The summed E-state index contributed by atoms with van der Waals surface area (Å²) in [7, 11) is -4.38. The second-order valence-electron chi connectivity index (χ2n) is 9.99. The van der Waals surface area contributed by atoms with Crippen molar-refractivity contribution in [3.05, 3.63) is 95.6 Å². The normalized spacial score (nSPS) is 12.2. The molecule has 0 aliphatic carbocycles. The van der Waals surface area contributed by atoms with Crippen molar-refractivity contribution in [1.29, 1.82) is 0 Å². The third-order valence-electron chi connectivity index (χ3n) is 6.35. The van der Waals surface area contributed by atoms with Crippen molar-refractivity contribution in [2.75, 3.05) is 17.4 Å². The van der Waals surface area contributed by atoms with E-state index in [9.17, 15) is 26.8 Å². The average molecular weight is 572 g/mol. The third kappa shape index (κ3) is 7.65. The molecule has 7 nitrogen and oxygen atoms in total. The maximum atomic E-state index is 15.0. The molecule has 0 aliphatic rings. The molecule has 10 heteroatoms. The lowest BCUT2D eigenvalue weighted by molar-refractivity contribution is -0.140. The highest BCUT2D eigenvalue weighted by molar-refractivity contribution is 7.92. The van der Waals surface area contributed by atoms with Gasteiger partial charge in [-0.3, -0.25) is 13.9 Å². The van der Waals surface area contributed by atoms with Gasteiger partial charge in [-0.2, -0.15) is 0 Å². The fourth-order valence-corrected chi connectivity index (χ4v) is 5.56. The number of anilines is 1. The maximum absolute atomic E-state index is 15.0. The molecule has 3 aromatic rings. The van der Waals surface area contributed by atoms with E-state index in [0.29, 0.717) is 12.1 Å². The Balaban J connectivity index is 2.05. The monoisotopic (exact) mass is 571 g/mol. The van der Waals surface area contributed by atoms with Gasteiger partial charge >= 0.3 is 0 Å². The molecular weight excluding hydrogens is 536 g/mol. The Morgan fingerprint density at radius 2 is 1.55 bits per heavy atom. The third-order valence-corrected chi connectivity index (χ3v) is 8.12. The van der Waals surface area contributed by atoms with E-state index in [1.807, 2.05) is 13.8 Å². The van der Waals surface area contributed by atoms with Crippen LogP contribution in [-0.2, 0) is 26.2 Å². The van der Waals surface area contributed by atoms with E-state index in [2.05, 4.69) is 5.32 Å². The molecule has 0 fully saturated rings. The molecule has 1 atom stereocenters. The Morgan fingerprint density at radius 3 is 2.12 bits per heavy atom. The topological polar surface area (TPSA) is 86.8 Å². The number of carbonyl (C=O) groups is 2. The number of hydrogen-bond acceptors (Lipinski definition) is 4. The summed E-state index contributed by atoms with van der Waals surface area (Å²) in [5.74, 6) is -2.23. The Labute approximate surface area is 234 Å². The number of nitrogens with zero attached hydrogens (tertiary/aromatic N) is 2. The second-order valence-corrected chi connectivity index (χ2v) is 11.8. The first kappa shape index (κ1) is 30.7. The molecule has 0 aromatic heterocycles. The predicted octanol–water partition coefficient (Wildman–Crippen LogP) is 5.05. The van der Waals surface area contributed by atoms with Crippen LogP contribution in [0.4, 0.5) is 14.5 Å². The smallest absolute Gasteiger partial charge is 0.264 e. The van der Waals surface area contributed by atoms with Gasteiger partial charge in [0.2, 0.25) is 11.8 Å². The van der Waals surface area contributed by atoms with E-state index in [1.54, 1.807) is 26.0 Å². The summed E-state index contributed by atoms with van der Waals surface area (Å²) in [5.41, 5.74) is 1.08. The lowest BCUT2D eigenvalue weighted by Gasteiger charge is -2.33. The number of nitrogens with one attached hydrogen (secondary N) is 1. The number of para-hydroxylation sites is 1. The van der Waals surface area contributed by atoms with Gasteiger partial charge in [0.25, 0.3) is 10.0 Å². The number of benzene rings is 3. The second kappa shape index (κ2) is 13.5. The quantitative estimate of drug-likeness (QED) is 0.330. The van der Waals surface area contributed by atoms with E-state index in [4.69, 9.17) is 0 Å². The van der Waals surface area contributed by atoms with Crippen molar-refractivity contribution < 1.29 is 26.8 Å². The van der Waals surface area contributed by atoms with Gasteiger partial charge in [0.05, 0.1) is 10.6 Å². The van der Waals surface area contributed by atoms with Crippen LogP contribution in [0.25, 0.3) is 0 Å². The van der Waals surface area contributed by atoms with E-state index >= 15 is 0 Å². The molecule has 0 saturated heterocycles. The zero-order chi connectivity index (χ0) is 29.4. The van der Waals surface area contributed by atoms with E-state index in [0.717, 1.165) is 15.9 Å². The number of rotatable bonds is 12. The first-order valence-electron chi connectivity index (χ1n) is 13.1. The Kier molecular flexibility index (Phi) is 10.4. The molecule has 0 bridgehead atoms. The zero-order valence-electron chi connectivity index (χ0n) is 23.1. The molecule has 0 saturated carbocycles. The Hall–Kier alpha value is -3.79. The summed E-state index contributed by atoms with van der Waals surface area (Å²) < 4.78 is 56.8. The molecule has 0 radical (unpaired) electrons. The summed E-state index contributed by atoms with van der Waals surface area (Å²) in [6.45, 7) is 6.96. The van der Waals surface area contributed by atoms with Crippen LogP contribution < -0.4 is 9.62 Å². The minimum Gasteiger partial charge on any atom is -0.354 e. The van der Waals surface area contributed by atoms with Crippen LogP contribution in [0.5, 0.6) is 0 Å². The minimum absolute atomic E-state index is 0.0809. The van der Waals surface area contributed by atoms with Crippen LogP contribution >= 0.6 is 0 Å². The molecule has 3 rings (SSSR count). The number of sulfonamides is 1. The van der Waals surface area contributed by atoms with Crippen molar-refractivity contribution in [3.63, 3.8) is 0 Å². The van der Waals surface area contributed by atoms with Crippen molar-refractivity contribution >= 4 is 27.5 Å². The van der Waals surface area contributed by atoms with Crippen molar-refractivity contribution in [1.82, 2.24) is 10.2 Å². The number of hydrogen-bond donors (Lipinski definition) is 1. The Morgan fingerprint density at radius 1 is 0.925 bits per heavy atom. The largest absolute Gasteiger partial charge is 0.354 e. The SMILES string of the molecule is CCC(C(=O)NCC(C)C)N(Cc1ccc(F)cc1)C(=O)CN(c1ccccc1F)S(=O)(=O)c1ccc(C)cc1. The Bertz CT molecular complexity index is 1410. The summed E-state index contributed by atoms with van der Waals surface area (Å²) in [6, 6.07) is 15.8. The van der Waals surface area contributed by atoms with Gasteiger partial charge in [-0.05, 0) is 61.2 Å². The average Bonchev–Trinajstić information content (AvgIpc) is 2.92. The molecule has 0 spiro atoms. The molecule has 1 N–H and O–H groups in total. The van der Waals surface area contributed by atoms with Crippen LogP contribution in [0.3, 0.4) is 0 Å². The van der Waals surface area contributed by atoms with Crippen LogP contribution in [0.2, 0.25) is 0 Å². The van der Waals surface area contributed by atoms with Gasteiger partial charge in [0, 0.05) is 13.1 Å². The van der Waals surface area contributed by atoms with Crippen molar-refractivity contribution in [2.24, 2.45) is 5.92 Å². The fraction of sp³-hybridized carbons (Fsp3) is 0.333. The first-order valence-corrected chi connectivity index (χ1v) is 14.5. The molecule has 40 heavy (non-hydrogen) atoms.